The maximum atomic E-state index is 2.32. The lowest BCUT2D eigenvalue weighted by atomic mass is 10.2. The molecule has 0 heterocycles. The number of aryl methyl sites for hydroxylation is 1. The van der Waals surface area contributed by atoms with Crippen molar-refractivity contribution in [3.8, 4) is 0 Å². The Labute approximate surface area is 147 Å². The van der Waals surface area contributed by atoms with E-state index in [1.807, 2.05) is 0 Å². The zero-order chi connectivity index (χ0) is 14.5. The summed E-state index contributed by atoms with van der Waals surface area (Å²) < 4.78 is 5.97. The largest absolute Gasteiger partial charge is 0.357 e. The van der Waals surface area contributed by atoms with Gasteiger partial charge in [0.25, 0.3) is 0 Å². The molecule has 3 aromatic rings. The van der Waals surface area contributed by atoms with Crippen molar-refractivity contribution in [1.29, 1.82) is 0 Å². The fraction of sp³-hybridized carbons (Fsp3) is 0.0526. The van der Waals surface area contributed by atoms with Crippen molar-refractivity contribution in [3.63, 3.8) is 0 Å². The van der Waals surface area contributed by atoms with Crippen LogP contribution in [0.3, 0.4) is 0 Å². The highest BCUT2D eigenvalue weighted by atomic mass is 127. The molecule has 0 aliphatic rings. The van der Waals surface area contributed by atoms with Crippen molar-refractivity contribution in [2.45, 2.75) is 6.92 Å². The third-order valence-corrected chi connectivity index (χ3v) is 8.35. The molecule has 0 aliphatic heterocycles. The van der Waals surface area contributed by atoms with Crippen LogP contribution in [-0.4, -0.2) is 0 Å². The van der Waals surface area contributed by atoms with Gasteiger partial charge in [-0.15, -0.1) is 0 Å². The molecule has 0 aromatic heterocycles. The lowest BCUT2D eigenvalue weighted by molar-refractivity contribution is -0.603. The van der Waals surface area contributed by atoms with Gasteiger partial charge in [0, 0.05) is 0 Å². The van der Waals surface area contributed by atoms with Gasteiger partial charge in [-0.05, 0) is 55.5 Å². The quantitative estimate of drug-likeness (QED) is 0.375. The monoisotopic (exact) mass is 498 g/mol. The van der Waals surface area contributed by atoms with E-state index >= 15 is 0 Å². The van der Waals surface area contributed by atoms with E-state index in [0.717, 1.165) is 0 Å². The second-order valence-electron chi connectivity index (χ2n) is 4.72. The van der Waals surface area contributed by atoms with Crippen LogP contribution in [0.4, 0.5) is 0 Å². The Morgan fingerprint density at radius 2 is 0.857 bits per heavy atom. The smallest absolute Gasteiger partial charge is 0.0619 e. The van der Waals surface area contributed by atoms with E-state index in [1.165, 1.54) is 19.8 Å². The Morgan fingerprint density at radius 1 is 0.476 bits per heavy atom. The Kier molecular flexibility index (Phi) is 5.30. The summed E-state index contributed by atoms with van der Waals surface area (Å²) in [6.07, 6.45) is 0. The molecule has 0 nitrogen and oxygen atoms in total. The molecule has 0 amide bonds. The SMILES string of the molecule is Cc1ccc([I+]c2ccc([I+]c3ccccc3)cc2)cc1. The first-order valence-electron chi connectivity index (χ1n) is 6.81. The molecule has 2 heteroatoms. The van der Waals surface area contributed by atoms with Crippen molar-refractivity contribution in [1.82, 2.24) is 0 Å². The van der Waals surface area contributed by atoms with Crippen molar-refractivity contribution in [3.05, 3.63) is 98.7 Å². The Hall–Kier alpha value is -0.880. The van der Waals surface area contributed by atoms with E-state index < -0.39 is 0 Å². The molecule has 0 saturated carbocycles. The fourth-order valence-electron chi connectivity index (χ4n) is 1.88. The van der Waals surface area contributed by atoms with E-state index in [4.69, 9.17) is 0 Å². The summed E-state index contributed by atoms with van der Waals surface area (Å²) in [7, 11) is 0. The molecule has 3 aromatic carbocycles. The van der Waals surface area contributed by atoms with Gasteiger partial charge in [-0.3, -0.25) is 0 Å². The molecule has 0 radical (unpaired) electrons. The lowest BCUT2D eigenvalue weighted by Gasteiger charge is -1.90. The topological polar surface area (TPSA) is 0 Å². The number of hydrogen-bond acceptors (Lipinski definition) is 0. The van der Waals surface area contributed by atoms with Crippen LogP contribution in [0.25, 0.3) is 0 Å². The Balaban J connectivity index is 1.68. The molecule has 0 spiro atoms. The zero-order valence-corrected chi connectivity index (χ0v) is 16.1. The van der Waals surface area contributed by atoms with E-state index in [1.54, 1.807) is 0 Å². The highest BCUT2D eigenvalue weighted by molar-refractivity contribution is 5.12. The molecule has 0 fully saturated rings. The van der Waals surface area contributed by atoms with Gasteiger partial charge in [-0.2, -0.15) is 0 Å². The second-order valence-corrected chi connectivity index (χ2v) is 10.8. The summed E-state index contributed by atoms with van der Waals surface area (Å²) in [5.41, 5.74) is 1.34. The first kappa shape index (κ1) is 15.0. The summed E-state index contributed by atoms with van der Waals surface area (Å²) in [6, 6.07) is 29.1. The van der Waals surface area contributed by atoms with Gasteiger partial charge >= 0.3 is 42.4 Å². The van der Waals surface area contributed by atoms with Crippen LogP contribution in [-0.2, 0) is 0 Å². The molecule has 0 saturated heterocycles. The van der Waals surface area contributed by atoms with Crippen LogP contribution in [0.5, 0.6) is 0 Å². The van der Waals surface area contributed by atoms with Gasteiger partial charge in [0.2, 0.25) is 0 Å². The lowest BCUT2D eigenvalue weighted by Crippen LogP contribution is -3.62. The van der Waals surface area contributed by atoms with Gasteiger partial charge in [0.1, 0.15) is 0 Å². The van der Waals surface area contributed by atoms with Gasteiger partial charge in [-0.25, -0.2) is 0 Å². The predicted octanol–water partition coefficient (Wildman–Crippen LogP) is -1.75. The molecule has 0 unspecified atom stereocenters. The molecule has 21 heavy (non-hydrogen) atoms. The third kappa shape index (κ3) is 4.54. The van der Waals surface area contributed by atoms with Gasteiger partial charge in [0.05, 0.1) is 0 Å². The van der Waals surface area contributed by atoms with E-state index in [-0.39, 0.29) is 42.4 Å². The van der Waals surface area contributed by atoms with Gasteiger partial charge in [0.15, 0.2) is 14.3 Å². The third-order valence-electron chi connectivity index (χ3n) is 2.98. The second kappa shape index (κ2) is 7.40. The Bertz CT molecular complexity index is 686. The first-order chi connectivity index (χ1) is 10.3. The highest BCUT2D eigenvalue weighted by Gasteiger charge is 2.19. The van der Waals surface area contributed by atoms with Crippen LogP contribution < -0.4 is 42.4 Å². The van der Waals surface area contributed by atoms with Crippen LogP contribution in [0, 0.1) is 21.2 Å². The highest BCUT2D eigenvalue weighted by Crippen LogP contribution is 1.94. The summed E-state index contributed by atoms with van der Waals surface area (Å²) in [4.78, 5) is 0. The molecular weight excluding hydrogens is 482 g/mol. The maximum Gasteiger partial charge on any atom is 0.357 e. The molecular formula is C19H16I2+2. The first-order valence-corrected chi connectivity index (χ1v) is 11.1. The van der Waals surface area contributed by atoms with Crippen LogP contribution in [0.15, 0.2) is 78.9 Å². The fourth-order valence-corrected chi connectivity index (χ4v) is 6.25. The molecule has 0 atom stereocenters. The van der Waals surface area contributed by atoms with Crippen molar-refractivity contribution < 1.29 is 42.4 Å². The maximum absolute atomic E-state index is 2.32. The van der Waals surface area contributed by atoms with Crippen LogP contribution in [0.1, 0.15) is 5.56 Å². The van der Waals surface area contributed by atoms with Crippen LogP contribution in [0.2, 0.25) is 0 Å². The average molecular weight is 498 g/mol. The minimum atomic E-state index is -0.0451. The predicted molar refractivity (Wildman–Crippen MR) is 78.9 cm³/mol. The number of hydrogen-bond donors (Lipinski definition) is 0. The summed E-state index contributed by atoms with van der Waals surface area (Å²) in [5, 5.41) is 0. The standard InChI is InChI=1S/C19H16I2/c1-15-7-9-17(10-8-15)21-19-13-11-18(12-14-19)20-16-5-3-2-4-6-16/h2-14H,1H3/q+2. The number of halogens is 2. The Morgan fingerprint density at radius 3 is 1.33 bits per heavy atom. The van der Waals surface area contributed by atoms with Crippen molar-refractivity contribution >= 4 is 0 Å². The normalized spacial score (nSPS) is 10.5. The van der Waals surface area contributed by atoms with Crippen LogP contribution >= 0.6 is 0 Å². The van der Waals surface area contributed by atoms with Crippen molar-refractivity contribution in [2.24, 2.45) is 0 Å². The van der Waals surface area contributed by atoms with Crippen molar-refractivity contribution in [2.75, 3.05) is 0 Å². The van der Waals surface area contributed by atoms with Gasteiger partial charge in [-0.1, -0.05) is 35.9 Å². The van der Waals surface area contributed by atoms with E-state index in [0.29, 0.717) is 0 Å². The molecule has 0 aliphatic carbocycles. The minimum absolute atomic E-state index is 0.0368. The van der Waals surface area contributed by atoms with E-state index in [9.17, 15) is 0 Å². The van der Waals surface area contributed by atoms with E-state index in [2.05, 4.69) is 85.8 Å². The average Bonchev–Trinajstić information content (AvgIpc) is 2.53. The van der Waals surface area contributed by atoms with Gasteiger partial charge < -0.3 is 0 Å². The molecule has 3 rings (SSSR count). The number of benzene rings is 3. The molecule has 0 bridgehead atoms. The summed E-state index contributed by atoms with van der Waals surface area (Å²) >= 11 is -0.0819. The molecule has 0 N–H and O–H groups in total. The zero-order valence-electron chi connectivity index (χ0n) is 11.8. The molecule has 104 valence electrons. The number of rotatable bonds is 4. The summed E-state index contributed by atoms with van der Waals surface area (Å²) in [5.74, 6) is 0. The minimum Gasteiger partial charge on any atom is -0.0619 e. The summed E-state index contributed by atoms with van der Waals surface area (Å²) in [6.45, 7) is 2.14.